The molecular formula is C18H14N3O+. The van der Waals surface area contributed by atoms with Gasteiger partial charge in [-0.2, -0.15) is 4.98 Å². The Hall–Kier alpha value is -2.88. The highest BCUT2D eigenvalue weighted by Crippen LogP contribution is 2.31. The molecular weight excluding hydrogens is 274 g/mol. The van der Waals surface area contributed by atoms with Crippen LogP contribution in [0.4, 0.5) is 0 Å². The number of pyridine rings is 1. The van der Waals surface area contributed by atoms with Gasteiger partial charge in [-0.15, -0.1) is 4.40 Å². The van der Waals surface area contributed by atoms with Crippen molar-refractivity contribution in [2.75, 3.05) is 0 Å². The summed E-state index contributed by atoms with van der Waals surface area (Å²) in [4.78, 5) is 4.62. The summed E-state index contributed by atoms with van der Waals surface area (Å²) in [5.74, 6) is 0.644. The van der Waals surface area contributed by atoms with E-state index < -0.39 is 0 Å². The Bertz CT molecular complexity index is 1200. The molecule has 0 N–H and O–H groups in total. The molecule has 5 aromatic rings. The maximum absolute atomic E-state index is 6.02. The van der Waals surface area contributed by atoms with Crippen molar-refractivity contribution in [2.24, 2.45) is 7.05 Å². The van der Waals surface area contributed by atoms with Crippen LogP contribution in [-0.2, 0) is 7.05 Å². The third-order valence-electron chi connectivity index (χ3n) is 4.41. The second-order valence-corrected chi connectivity index (χ2v) is 5.73. The number of aryl methyl sites for hydroxylation is 2. The van der Waals surface area contributed by atoms with E-state index >= 15 is 0 Å². The van der Waals surface area contributed by atoms with Gasteiger partial charge in [-0.25, -0.2) is 4.57 Å². The minimum absolute atomic E-state index is 0.644. The van der Waals surface area contributed by atoms with Gasteiger partial charge in [0.15, 0.2) is 16.6 Å². The predicted octanol–water partition coefficient (Wildman–Crippen LogP) is 3.52. The minimum Gasteiger partial charge on any atom is -0.403 e. The van der Waals surface area contributed by atoms with Gasteiger partial charge in [-0.1, -0.05) is 24.3 Å². The first kappa shape index (κ1) is 11.7. The first-order valence-corrected chi connectivity index (χ1v) is 7.32. The van der Waals surface area contributed by atoms with Gasteiger partial charge in [-0.3, -0.25) is 0 Å². The molecule has 0 saturated carbocycles. The van der Waals surface area contributed by atoms with Crippen molar-refractivity contribution >= 4 is 38.9 Å². The Labute approximate surface area is 126 Å². The molecule has 0 aliphatic heterocycles. The molecule has 0 unspecified atom stereocenters. The molecule has 0 aliphatic rings. The van der Waals surface area contributed by atoms with Crippen LogP contribution in [0.1, 0.15) is 5.56 Å². The third-order valence-corrected chi connectivity index (χ3v) is 4.41. The molecule has 0 amide bonds. The van der Waals surface area contributed by atoms with Gasteiger partial charge in [0.2, 0.25) is 0 Å². The quantitative estimate of drug-likeness (QED) is 0.409. The van der Waals surface area contributed by atoms with Gasteiger partial charge >= 0.3 is 11.5 Å². The summed E-state index contributed by atoms with van der Waals surface area (Å²) < 4.78 is 10.2. The largest absolute Gasteiger partial charge is 0.403 e. The summed E-state index contributed by atoms with van der Waals surface area (Å²) in [5, 5.41) is 2.44. The van der Waals surface area contributed by atoms with E-state index in [1.54, 1.807) is 0 Å². The van der Waals surface area contributed by atoms with E-state index in [-0.39, 0.29) is 0 Å². The smallest absolute Gasteiger partial charge is 0.402 e. The molecule has 106 valence electrons. The molecule has 5 rings (SSSR count). The number of hydrogen-bond acceptors (Lipinski definition) is 2. The average molecular weight is 288 g/mol. The lowest BCUT2D eigenvalue weighted by Crippen LogP contribution is -2.29. The highest BCUT2D eigenvalue weighted by Gasteiger charge is 2.24. The molecule has 4 heteroatoms. The molecule has 3 heterocycles. The topological polar surface area (TPSA) is 34.3 Å². The summed E-state index contributed by atoms with van der Waals surface area (Å²) in [6.45, 7) is 2.15. The highest BCUT2D eigenvalue weighted by atomic mass is 16.4. The maximum atomic E-state index is 6.02. The Balaban J connectivity index is 2.13. The number of hydrogen-bond donors (Lipinski definition) is 0. The number of aromatic nitrogens is 3. The van der Waals surface area contributed by atoms with E-state index in [9.17, 15) is 0 Å². The number of imidazole rings is 1. The molecule has 0 saturated heterocycles. The molecule has 0 spiro atoms. The third kappa shape index (κ3) is 1.32. The molecule has 4 nitrogen and oxygen atoms in total. The summed E-state index contributed by atoms with van der Waals surface area (Å²) in [6.07, 6.45) is 2.03. The lowest BCUT2D eigenvalue weighted by Gasteiger charge is -2.01. The first-order chi connectivity index (χ1) is 10.7. The van der Waals surface area contributed by atoms with E-state index in [0.29, 0.717) is 5.84 Å². The van der Waals surface area contributed by atoms with E-state index in [4.69, 9.17) is 4.42 Å². The van der Waals surface area contributed by atoms with Crippen molar-refractivity contribution in [1.82, 2.24) is 9.38 Å². The van der Waals surface area contributed by atoms with Gasteiger partial charge in [-0.05, 0) is 35.9 Å². The van der Waals surface area contributed by atoms with Gasteiger partial charge < -0.3 is 4.42 Å². The standard InChI is InChI=1S/C18H14N3O/c1-11-13-7-4-3-6-12(13)10-15-16(11)21-17-14(19-18(21)22-15)8-5-9-20(17)2/h3-10H,1-2H3/q+1. The van der Waals surface area contributed by atoms with Crippen LogP contribution in [0.3, 0.4) is 0 Å². The number of rotatable bonds is 0. The fraction of sp³-hybridized carbons (Fsp3) is 0.111. The van der Waals surface area contributed by atoms with Gasteiger partial charge in [0, 0.05) is 5.56 Å². The van der Waals surface area contributed by atoms with Gasteiger partial charge in [0.1, 0.15) is 0 Å². The minimum atomic E-state index is 0.644. The molecule has 0 atom stereocenters. The van der Waals surface area contributed by atoms with Gasteiger partial charge in [0.25, 0.3) is 0 Å². The molecule has 2 aromatic carbocycles. The van der Waals surface area contributed by atoms with Crippen LogP contribution in [0, 0.1) is 6.92 Å². The van der Waals surface area contributed by atoms with Crippen LogP contribution < -0.4 is 4.57 Å². The summed E-state index contributed by atoms with van der Waals surface area (Å²) >= 11 is 0. The number of nitrogens with zero attached hydrogens (tertiary/aromatic N) is 3. The van der Waals surface area contributed by atoms with Crippen LogP contribution in [0.5, 0.6) is 0 Å². The van der Waals surface area contributed by atoms with Crippen molar-refractivity contribution in [3.63, 3.8) is 0 Å². The maximum Gasteiger partial charge on any atom is 0.402 e. The average Bonchev–Trinajstić information content (AvgIpc) is 3.03. The Morgan fingerprint density at radius 1 is 1.14 bits per heavy atom. The van der Waals surface area contributed by atoms with Crippen LogP contribution in [0.25, 0.3) is 38.9 Å². The van der Waals surface area contributed by atoms with Crippen LogP contribution >= 0.6 is 0 Å². The zero-order chi connectivity index (χ0) is 14.8. The van der Waals surface area contributed by atoms with E-state index in [1.807, 2.05) is 25.4 Å². The van der Waals surface area contributed by atoms with Crippen molar-refractivity contribution < 1.29 is 8.98 Å². The Kier molecular flexibility index (Phi) is 2.06. The van der Waals surface area contributed by atoms with Crippen molar-refractivity contribution in [3.05, 3.63) is 54.2 Å². The SMILES string of the molecule is Cc1c2ccccc2cc2oc3nc4ccc[n+](C)c4n3c12. The zero-order valence-electron chi connectivity index (χ0n) is 12.4. The fourth-order valence-corrected chi connectivity index (χ4v) is 3.40. The monoisotopic (exact) mass is 288 g/mol. The number of benzene rings is 2. The highest BCUT2D eigenvalue weighted by molar-refractivity contribution is 6.00. The summed E-state index contributed by atoms with van der Waals surface area (Å²) in [6, 6.07) is 14.5. The molecule has 0 radical (unpaired) electrons. The number of oxazole rings is 1. The van der Waals surface area contributed by atoms with Crippen molar-refractivity contribution in [1.29, 1.82) is 0 Å². The van der Waals surface area contributed by atoms with Crippen LogP contribution in [-0.4, -0.2) is 9.38 Å². The van der Waals surface area contributed by atoms with Gasteiger partial charge in [0.05, 0.1) is 13.2 Å². The van der Waals surface area contributed by atoms with Crippen LogP contribution in [0.15, 0.2) is 53.1 Å². The van der Waals surface area contributed by atoms with E-state index in [0.717, 1.165) is 22.3 Å². The van der Waals surface area contributed by atoms with E-state index in [2.05, 4.69) is 51.2 Å². The van der Waals surface area contributed by atoms with E-state index in [1.165, 1.54) is 16.3 Å². The van der Waals surface area contributed by atoms with Crippen LogP contribution in [0.2, 0.25) is 0 Å². The fourth-order valence-electron chi connectivity index (χ4n) is 3.40. The summed E-state index contributed by atoms with van der Waals surface area (Å²) in [5.41, 5.74) is 5.19. The molecule has 0 aliphatic carbocycles. The first-order valence-electron chi connectivity index (χ1n) is 7.32. The zero-order valence-corrected chi connectivity index (χ0v) is 12.4. The number of fused-ring (bicyclic) bond motifs is 6. The summed E-state index contributed by atoms with van der Waals surface area (Å²) in [7, 11) is 2.03. The molecule has 3 aromatic heterocycles. The molecule has 0 bridgehead atoms. The Morgan fingerprint density at radius 2 is 2.00 bits per heavy atom. The molecule has 22 heavy (non-hydrogen) atoms. The normalized spacial score (nSPS) is 12.1. The van der Waals surface area contributed by atoms with Crippen molar-refractivity contribution in [2.45, 2.75) is 6.92 Å². The lowest BCUT2D eigenvalue weighted by atomic mass is 10.0. The Morgan fingerprint density at radius 3 is 2.91 bits per heavy atom. The predicted molar refractivity (Wildman–Crippen MR) is 85.9 cm³/mol. The van der Waals surface area contributed by atoms with Crippen molar-refractivity contribution in [3.8, 4) is 0 Å². The molecule has 0 fully saturated rings. The second kappa shape index (κ2) is 3.85. The second-order valence-electron chi connectivity index (χ2n) is 5.73. The lowest BCUT2D eigenvalue weighted by molar-refractivity contribution is -0.647.